The fraction of sp³-hybridized carbons (Fsp3) is 0.381. The highest BCUT2D eigenvalue weighted by atomic mass is 35.5. The highest BCUT2D eigenvalue weighted by molar-refractivity contribution is 7.15. The summed E-state index contributed by atoms with van der Waals surface area (Å²) in [5, 5.41) is 4.87. The lowest BCUT2D eigenvalue weighted by Gasteiger charge is -2.16. The average Bonchev–Trinajstić information content (AvgIpc) is 3.41. The average molecular weight is 414 g/mol. The van der Waals surface area contributed by atoms with Crippen LogP contribution in [0.1, 0.15) is 47.0 Å². The third-order valence-corrected chi connectivity index (χ3v) is 7.14. The summed E-state index contributed by atoms with van der Waals surface area (Å²) in [6.45, 7) is 1.10. The Kier molecular flexibility index (Phi) is 4.69. The molecule has 7 heteroatoms. The Morgan fingerprint density at radius 1 is 1.25 bits per heavy atom. The van der Waals surface area contributed by atoms with Gasteiger partial charge in [-0.3, -0.25) is 4.79 Å². The zero-order chi connectivity index (χ0) is 19.1. The third kappa shape index (κ3) is 3.35. The number of likely N-dealkylation sites (tertiary alicyclic amines) is 1. The lowest BCUT2D eigenvalue weighted by atomic mass is 9.99. The molecule has 2 aliphatic rings. The standard InChI is InChI=1S/C21H20ClN3O2S/c22-16-7-3-1-6-14(16)11-25-12-15(10-19(25)26)20-23-21(27-24-20)18-9-13-5-2-4-8-17(13)28-18/h1,3,6-7,9,15H,2,4-5,8,10-12H2. The predicted octanol–water partition coefficient (Wildman–Crippen LogP) is 4.85. The smallest absolute Gasteiger partial charge is 0.268 e. The van der Waals surface area contributed by atoms with Crippen molar-refractivity contribution in [2.24, 2.45) is 0 Å². The van der Waals surface area contributed by atoms with Gasteiger partial charge in [0, 0.05) is 35.3 Å². The van der Waals surface area contributed by atoms with Gasteiger partial charge in [0.1, 0.15) is 0 Å². The largest absolute Gasteiger partial charge is 0.338 e. The van der Waals surface area contributed by atoms with E-state index in [0.717, 1.165) is 23.3 Å². The van der Waals surface area contributed by atoms with Crippen LogP contribution in [0.25, 0.3) is 10.8 Å². The van der Waals surface area contributed by atoms with Crippen LogP contribution in [0, 0.1) is 0 Å². The van der Waals surface area contributed by atoms with Crippen LogP contribution in [-0.4, -0.2) is 27.5 Å². The molecule has 1 unspecified atom stereocenters. The van der Waals surface area contributed by atoms with Crippen molar-refractivity contribution in [2.45, 2.75) is 44.6 Å². The summed E-state index contributed by atoms with van der Waals surface area (Å²) in [5.41, 5.74) is 2.38. The Hall–Kier alpha value is -2.18. The van der Waals surface area contributed by atoms with Crippen molar-refractivity contribution in [2.75, 3.05) is 6.54 Å². The fourth-order valence-corrected chi connectivity index (χ4v) is 5.40. The Morgan fingerprint density at radius 2 is 2.11 bits per heavy atom. The number of thiophene rings is 1. The molecule has 28 heavy (non-hydrogen) atoms. The van der Waals surface area contributed by atoms with E-state index in [0.29, 0.717) is 36.2 Å². The van der Waals surface area contributed by atoms with Crippen molar-refractivity contribution < 1.29 is 9.32 Å². The molecule has 1 amide bonds. The van der Waals surface area contributed by atoms with Gasteiger partial charge in [-0.25, -0.2) is 0 Å². The number of aryl methyl sites for hydroxylation is 2. The topological polar surface area (TPSA) is 59.2 Å². The first-order valence-corrected chi connectivity index (χ1v) is 10.8. The first-order chi connectivity index (χ1) is 13.7. The van der Waals surface area contributed by atoms with E-state index in [1.807, 2.05) is 29.2 Å². The zero-order valence-corrected chi connectivity index (χ0v) is 16.9. The molecule has 1 fully saturated rings. The van der Waals surface area contributed by atoms with Crippen molar-refractivity contribution in [3.05, 3.63) is 57.2 Å². The Balaban J connectivity index is 1.32. The molecule has 3 heterocycles. The summed E-state index contributed by atoms with van der Waals surface area (Å²) in [4.78, 5) is 21.4. The molecule has 0 N–H and O–H groups in total. The number of benzene rings is 1. The minimum absolute atomic E-state index is 0.0397. The molecule has 2 aromatic heterocycles. The van der Waals surface area contributed by atoms with Crippen molar-refractivity contribution >= 4 is 28.8 Å². The number of nitrogens with zero attached hydrogens (tertiary/aromatic N) is 3. The van der Waals surface area contributed by atoms with E-state index >= 15 is 0 Å². The van der Waals surface area contributed by atoms with E-state index in [-0.39, 0.29) is 11.8 Å². The van der Waals surface area contributed by atoms with E-state index in [2.05, 4.69) is 16.2 Å². The molecule has 1 saturated heterocycles. The molecular formula is C21H20ClN3O2S. The second-order valence-corrected chi connectivity index (χ2v) is 9.03. The van der Waals surface area contributed by atoms with Gasteiger partial charge in [-0.15, -0.1) is 11.3 Å². The second kappa shape index (κ2) is 7.33. The SMILES string of the molecule is O=C1CC(c2noc(-c3cc4c(s3)CCCC4)n2)CN1Cc1ccccc1Cl. The summed E-state index contributed by atoms with van der Waals surface area (Å²) in [5.74, 6) is 1.26. The normalized spacial score (nSPS) is 19.2. The monoisotopic (exact) mass is 413 g/mol. The molecular weight excluding hydrogens is 394 g/mol. The van der Waals surface area contributed by atoms with Crippen LogP contribution in [0.5, 0.6) is 0 Å². The number of aromatic nitrogens is 2. The van der Waals surface area contributed by atoms with Gasteiger partial charge in [0.25, 0.3) is 5.89 Å². The first kappa shape index (κ1) is 17.9. The summed E-state index contributed by atoms with van der Waals surface area (Å²) < 4.78 is 5.55. The molecule has 5 nitrogen and oxygen atoms in total. The molecule has 1 atom stereocenters. The van der Waals surface area contributed by atoms with Crippen LogP contribution in [0.2, 0.25) is 5.02 Å². The molecule has 0 spiro atoms. The molecule has 0 bridgehead atoms. The summed E-state index contributed by atoms with van der Waals surface area (Å²) in [6, 6.07) is 9.82. The molecule has 3 aromatic rings. The first-order valence-electron chi connectivity index (χ1n) is 9.64. The zero-order valence-electron chi connectivity index (χ0n) is 15.4. The predicted molar refractivity (Wildman–Crippen MR) is 108 cm³/mol. The van der Waals surface area contributed by atoms with Gasteiger partial charge in [0.15, 0.2) is 5.82 Å². The molecule has 1 aliphatic carbocycles. The Labute approximate surface area is 172 Å². The maximum absolute atomic E-state index is 12.5. The van der Waals surface area contributed by atoms with Crippen molar-refractivity contribution in [1.29, 1.82) is 0 Å². The quantitative estimate of drug-likeness (QED) is 0.613. The number of carbonyl (C=O) groups excluding carboxylic acids is 1. The highest BCUT2D eigenvalue weighted by Crippen LogP contribution is 2.36. The Bertz CT molecular complexity index is 1000. The molecule has 0 radical (unpaired) electrons. The number of fused-ring (bicyclic) bond motifs is 1. The van der Waals surface area contributed by atoms with E-state index in [1.54, 1.807) is 11.3 Å². The van der Waals surface area contributed by atoms with Gasteiger partial charge in [-0.1, -0.05) is 35.0 Å². The van der Waals surface area contributed by atoms with Crippen molar-refractivity contribution in [1.82, 2.24) is 15.0 Å². The van der Waals surface area contributed by atoms with E-state index < -0.39 is 0 Å². The number of hydrogen-bond donors (Lipinski definition) is 0. The van der Waals surface area contributed by atoms with Crippen molar-refractivity contribution in [3.63, 3.8) is 0 Å². The summed E-state index contributed by atoms with van der Waals surface area (Å²) in [6.07, 6.45) is 5.21. The molecule has 5 rings (SSSR count). The van der Waals surface area contributed by atoms with E-state index in [4.69, 9.17) is 16.1 Å². The minimum Gasteiger partial charge on any atom is -0.338 e. The van der Waals surface area contributed by atoms with Gasteiger partial charge >= 0.3 is 0 Å². The second-order valence-electron chi connectivity index (χ2n) is 7.49. The summed E-state index contributed by atoms with van der Waals surface area (Å²) in [7, 11) is 0. The lowest BCUT2D eigenvalue weighted by Crippen LogP contribution is -2.24. The van der Waals surface area contributed by atoms with Crippen LogP contribution < -0.4 is 0 Å². The van der Waals surface area contributed by atoms with Crippen LogP contribution in [0.4, 0.5) is 0 Å². The number of hydrogen-bond acceptors (Lipinski definition) is 5. The van der Waals surface area contributed by atoms with Crippen LogP contribution in [0.3, 0.4) is 0 Å². The fourth-order valence-electron chi connectivity index (χ4n) is 4.03. The molecule has 0 saturated carbocycles. The van der Waals surface area contributed by atoms with Gasteiger partial charge in [-0.05, 0) is 48.9 Å². The van der Waals surface area contributed by atoms with Crippen LogP contribution >= 0.6 is 22.9 Å². The number of rotatable bonds is 4. The molecule has 1 aliphatic heterocycles. The maximum atomic E-state index is 12.5. The minimum atomic E-state index is -0.0397. The summed E-state index contributed by atoms with van der Waals surface area (Å²) >= 11 is 8.00. The molecule has 1 aromatic carbocycles. The van der Waals surface area contributed by atoms with Gasteiger partial charge < -0.3 is 9.42 Å². The Morgan fingerprint density at radius 3 is 2.96 bits per heavy atom. The van der Waals surface area contributed by atoms with Gasteiger partial charge in [0.05, 0.1) is 4.88 Å². The van der Waals surface area contributed by atoms with Crippen molar-refractivity contribution in [3.8, 4) is 10.8 Å². The lowest BCUT2D eigenvalue weighted by molar-refractivity contribution is -0.128. The maximum Gasteiger partial charge on any atom is 0.268 e. The van der Waals surface area contributed by atoms with E-state index in [9.17, 15) is 4.79 Å². The third-order valence-electron chi connectivity index (χ3n) is 5.55. The van der Waals surface area contributed by atoms with E-state index in [1.165, 1.54) is 23.3 Å². The molecule has 144 valence electrons. The number of halogens is 1. The van der Waals surface area contributed by atoms with Crippen LogP contribution in [0.15, 0.2) is 34.9 Å². The number of amides is 1. The van der Waals surface area contributed by atoms with Crippen LogP contribution in [-0.2, 0) is 24.2 Å². The van der Waals surface area contributed by atoms with Gasteiger partial charge in [-0.2, -0.15) is 4.98 Å². The highest BCUT2D eigenvalue weighted by Gasteiger charge is 2.34. The number of carbonyl (C=O) groups is 1. The van der Waals surface area contributed by atoms with Gasteiger partial charge in [0.2, 0.25) is 5.91 Å².